The van der Waals surface area contributed by atoms with Gasteiger partial charge in [-0.3, -0.25) is 4.79 Å². The van der Waals surface area contributed by atoms with Crippen molar-refractivity contribution in [2.24, 2.45) is 0 Å². The zero-order valence-corrected chi connectivity index (χ0v) is 14.1. The third kappa shape index (κ3) is 2.41. The van der Waals surface area contributed by atoms with Crippen LogP contribution >= 0.6 is 0 Å². The van der Waals surface area contributed by atoms with E-state index in [1.54, 1.807) is 29.2 Å². The van der Waals surface area contributed by atoms with Crippen LogP contribution in [0, 0.1) is 5.82 Å². The standard InChI is InChI=1S/C20H21FN2O2/c21-14-3-6-17-16(12-14)20(7-9-22(10-8-20)15-4-5-15)13-23(17)19(24)18-2-1-11-25-18/h1-3,6,11-12,15H,4-5,7-10,13H2. The number of carbonyl (C=O) groups is 1. The highest BCUT2D eigenvalue weighted by Gasteiger charge is 2.48. The molecule has 2 fully saturated rings. The summed E-state index contributed by atoms with van der Waals surface area (Å²) < 4.78 is 19.3. The molecule has 0 unspecified atom stereocenters. The molecule has 0 bridgehead atoms. The van der Waals surface area contributed by atoms with Crippen LogP contribution in [0.2, 0.25) is 0 Å². The van der Waals surface area contributed by atoms with Crippen molar-refractivity contribution in [1.29, 1.82) is 0 Å². The maximum atomic E-state index is 14.0. The lowest BCUT2D eigenvalue weighted by Gasteiger charge is -2.40. The Morgan fingerprint density at radius 2 is 2.00 bits per heavy atom. The number of benzene rings is 1. The molecule has 1 aromatic carbocycles. The van der Waals surface area contributed by atoms with E-state index in [0.29, 0.717) is 12.3 Å². The van der Waals surface area contributed by atoms with Gasteiger partial charge in [0.1, 0.15) is 5.82 Å². The van der Waals surface area contributed by atoms with Gasteiger partial charge in [-0.25, -0.2) is 4.39 Å². The third-order valence-corrected chi connectivity index (χ3v) is 6.08. The normalized spacial score (nSPS) is 22.4. The molecule has 1 amide bonds. The Bertz CT molecular complexity index is 805. The quantitative estimate of drug-likeness (QED) is 0.838. The van der Waals surface area contributed by atoms with E-state index in [2.05, 4.69) is 4.90 Å². The van der Waals surface area contributed by atoms with Gasteiger partial charge in [0, 0.05) is 23.7 Å². The molecule has 25 heavy (non-hydrogen) atoms. The van der Waals surface area contributed by atoms with E-state index in [4.69, 9.17) is 4.42 Å². The fourth-order valence-corrected chi connectivity index (χ4v) is 4.54. The van der Waals surface area contributed by atoms with Crippen LogP contribution in [-0.4, -0.2) is 36.5 Å². The summed E-state index contributed by atoms with van der Waals surface area (Å²) in [6.45, 7) is 2.68. The average molecular weight is 340 g/mol. The van der Waals surface area contributed by atoms with E-state index >= 15 is 0 Å². The number of likely N-dealkylation sites (tertiary alicyclic amines) is 1. The van der Waals surface area contributed by atoms with Crippen molar-refractivity contribution in [3.8, 4) is 0 Å². The van der Waals surface area contributed by atoms with Crippen molar-refractivity contribution in [2.45, 2.75) is 37.1 Å². The molecule has 1 aliphatic carbocycles. The number of amides is 1. The average Bonchev–Trinajstić information content (AvgIpc) is 3.24. The van der Waals surface area contributed by atoms with E-state index in [0.717, 1.165) is 43.2 Å². The van der Waals surface area contributed by atoms with Crippen molar-refractivity contribution in [1.82, 2.24) is 4.90 Å². The smallest absolute Gasteiger partial charge is 0.293 e. The molecule has 0 N–H and O–H groups in total. The van der Waals surface area contributed by atoms with E-state index in [9.17, 15) is 9.18 Å². The zero-order chi connectivity index (χ0) is 17.0. The van der Waals surface area contributed by atoms with Crippen LogP contribution in [0.1, 0.15) is 41.8 Å². The Kier molecular flexibility index (Phi) is 3.29. The molecule has 5 heteroatoms. The number of furan rings is 1. The van der Waals surface area contributed by atoms with E-state index in [-0.39, 0.29) is 17.1 Å². The van der Waals surface area contributed by atoms with Gasteiger partial charge in [-0.1, -0.05) is 0 Å². The Morgan fingerprint density at radius 1 is 1.20 bits per heavy atom. The Morgan fingerprint density at radius 3 is 2.68 bits per heavy atom. The molecular weight excluding hydrogens is 319 g/mol. The fourth-order valence-electron chi connectivity index (χ4n) is 4.54. The van der Waals surface area contributed by atoms with Crippen LogP contribution in [0.4, 0.5) is 10.1 Å². The summed E-state index contributed by atoms with van der Waals surface area (Å²) >= 11 is 0. The Balaban J connectivity index is 1.49. The maximum absolute atomic E-state index is 14.0. The third-order valence-electron chi connectivity index (χ3n) is 6.08. The first-order valence-corrected chi connectivity index (χ1v) is 9.06. The molecule has 0 radical (unpaired) electrons. The van der Waals surface area contributed by atoms with Gasteiger partial charge in [-0.15, -0.1) is 0 Å². The van der Waals surface area contributed by atoms with Gasteiger partial charge in [0.25, 0.3) is 5.91 Å². The summed E-state index contributed by atoms with van der Waals surface area (Å²) in [7, 11) is 0. The minimum Gasteiger partial charge on any atom is -0.459 e. The van der Waals surface area contributed by atoms with Crippen LogP contribution < -0.4 is 4.90 Å². The van der Waals surface area contributed by atoms with Crippen LogP contribution in [0.3, 0.4) is 0 Å². The summed E-state index contributed by atoms with van der Waals surface area (Å²) in [5, 5.41) is 0. The molecule has 3 heterocycles. The number of hydrogen-bond acceptors (Lipinski definition) is 3. The molecule has 2 aliphatic heterocycles. The van der Waals surface area contributed by atoms with Crippen molar-refractivity contribution < 1.29 is 13.6 Å². The summed E-state index contributed by atoms with van der Waals surface area (Å²) in [5.41, 5.74) is 1.69. The van der Waals surface area contributed by atoms with Crippen LogP contribution in [-0.2, 0) is 5.41 Å². The number of rotatable bonds is 2. The van der Waals surface area contributed by atoms with E-state index in [1.807, 2.05) is 0 Å². The minimum absolute atomic E-state index is 0.134. The predicted molar refractivity (Wildman–Crippen MR) is 92.3 cm³/mol. The maximum Gasteiger partial charge on any atom is 0.293 e. The summed E-state index contributed by atoms with van der Waals surface area (Å²) in [5.74, 6) is -0.0304. The lowest BCUT2D eigenvalue weighted by atomic mass is 9.74. The summed E-state index contributed by atoms with van der Waals surface area (Å²) in [4.78, 5) is 17.2. The van der Waals surface area contributed by atoms with Crippen LogP contribution in [0.5, 0.6) is 0 Å². The topological polar surface area (TPSA) is 36.7 Å². The van der Waals surface area contributed by atoms with Gasteiger partial charge in [-0.2, -0.15) is 0 Å². The summed E-state index contributed by atoms with van der Waals surface area (Å²) in [6, 6.07) is 8.99. The molecule has 3 aliphatic rings. The zero-order valence-electron chi connectivity index (χ0n) is 14.1. The number of anilines is 1. The van der Waals surface area contributed by atoms with Crippen molar-refractivity contribution >= 4 is 11.6 Å². The molecule has 130 valence electrons. The van der Waals surface area contributed by atoms with E-state index in [1.165, 1.54) is 25.2 Å². The molecule has 1 saturated heterocycles. The molecule has 5 rings (SSSR count). The number of fused-ring (bicyclic) bond motifs is 2. The highest BCUT2D eigenvalue weighted by Crippen LogP contribution is 2.48. The highest BCUT2D eigenvalue weighted by molar-refractivity contribution is 6.06. The molecule has 1 spiro atoms. The van der Waals surface area contributed by atoms with Gasteiger partial charge in [-0.05, 0) is 74.7 Å². The molecule has 1 aromatic heterocycles. The number of piperidine rings is 1. The van der Waals surface area contributed by atoms with Gasteiger partial charge in [0.15, 0.2) is 5.76 Å². The first-order chi connectivity index (χ1) is 12.2. The lowest BCUT2D eigenvalue weighted by molar-refractivity contribution is 0.0949. The van der Waals surface area contributed by atoms with E-state index < -0.39 is 0 Å². The largest absolute Gasteiger partial charge is 0.459 e. The van der Waals surface area contributed by atoms with Crippen molar-refractivity contribution in [3.05, 3.63) is 53.7 Å². The molecule has 2 aromatic rings. The molecule has 4 nitrogen and oxygen atoms in total. The second-order valence-corrected chi connectivity index (χ2v) is 7.58. The highest BCUT2D eigenvalue weighted by atomic mass is 19.1. The number of carbonyl (C=O) groups excluding carboxylic acids is 1. The van der Waals surface area contributed by atoms with Crippen LogP contribution in [0.15, 0.2) is 41.0 Å². The Hall–Kier alpha value is -2.14. The minimum atomic E-state index is -0.227. The van der Waals surface area contributed by atoms with Gasteiger partial charge < -0.3 is 14.2 Å². The van der Waals surface area contributed by atoms with Gasteiger partial charge in [0.2, 0.25) is 0 Å². The first-order valence-electron chi connectivity index (χ1n) is 9.06. The molecule has 1 saturated carbocycles. The predicted octanol–water partition coefficient (Wildman–Crippen LogP) is 3.58. The van der Waals surface area contributed by atoms with Gasteiger partial charge in [0.05, 0.1) is 6.26 Å². The van der Waals surface area contributed by atoms with Crippen molar-refractivity contribution in [2.75, 3.05) is 24.5 Å². The fraction of sp³-hybridized carbons (Fsp3) is 0.450. The summed E-state index contributed by atoms with van der Waals surface area (Å²) in [6.07, 6.45) is 6.07. The lowest BCUT2D eigenvalue weighted by Crippen LogP contribution is -2.46. The molecular formula is C20H21FN2O2. The second-order valence-electron chi connectivity index (χ2n) is 7.58. The Labute approximate surface area is 146 Å². The number of nitrogens with zero attached hydrogens (tertiary/aromatic N) is 2. The first kappa shape index (κ1) is 15.1. The number of hydrogen-bond donors (Lipinski definition) is 0. The molecule has 0 atom stereocenters. The van der Waals surface area contributed by atoms with Crippen molar-refractivity contribution in [3.63, 3.8) is 0 Å². The monoisotopic (exact) mass is 340 g/mol. The SMILES string of the molecule is O=C(c1ccco1)N1CC2(CCN(C3CC3)CC2)c2cc(F)ccc21. The number of halogens is 1. The van der Waals surface area contributed by atoms with Gasteiger partial charge >= 0.3 is 0 Å². The second kappa shape index (κ2) is 5.43. The van der Waals surface area contributed by atoms with Crippen LogP contribution in [0.25, 0.3) is 0 Å².